The van der Waals surface area contributed by atoms with Crippen molar-refractivity contribution in [2.45, 2.75) is 19.8 Å². The zero-order chi connectivity index (χ0) is 13.2. The van der Waals surface area contributed by atoms with E-state index in [1.807, 2.05) is 12.1 Å². The molecule has 0 saturated heterocycles. The van der Waals surface area contributed by atoms with Crippen molar-refractivity contribution in [1.82, 2.24) is 9.36 Å². The lowest BCUT2D eigenvalue weighted by atomic mass is 10.1. The fourth-order valence-corrected chi connectivity index (χ4v) is 3.18. The van der Waals surface area contributed by atoms with Gasteiger partial charge in [0.15, 0.2) is 0 Å². The fraction of sp³-hybridized carbons (Fsp3) is 0.429. The zero-order valence-corrected chi connectivity index (χ0v) is 11.9. The number of nitrogens with two attached hydrogens (primary N) is 1. The van der Waals surface area contributed by atoms with Gasteiger partial charge in [-0.1, -0.05) is 0 Å². The van der Waals surface area contributed by atoms with Crippen molar-refractivity contribution in [3.05, 3.63) is 24.5 Å². The number of rotatable bonds is 5. The third kappa shape index (κ3) is 2.56. The summed E-state index contributed by atoms with van der Waals surface area (Å²) in [6.45, 7) is 4.31. The molecule has 0 atom stereocenters. The minimum atomic E-state index is 0.625. The summed E-state index contributed by atoms with van der Waals surface area (Å²) in [7, 11) is 0. The Morgan fingerprint density at radius 1 is 1.37 bits per heavy atom. The van der Waals surface area contributed by atoms with Crippen LogP contribution in [-0.2, 0) is 0 Å². The number of anilines is 2. The van der Waals surface area contributed by atoms with Crippen molar-refractivity contribution in [3.8, 4) is 11.1 Å². The van der Waals surface area contributed by atoms with Gasteiger partial charge in [-0.05, 0) is 54.9 Å². The standard InChI is InChI=1S/C14H18N4S/c1-2-18(9-10-3-4-10)14-12(13(15)17-19-14)11-5-7-16-8-6-11/h5-8,10H,2-4,9H2,1H3,(H2,15,17). The highest BCUT2D eigenvalue weighted by molar-refractivity contribution is 7.11. The molecule has 0 radical (unpaired) electrons. The summed E-state index contributed by atoms with van der Waals surface area (Å²) < 4.78 is 4.35. The summed E-state index contributed by atoms with van der Waals surface area (Å²) in [4.78, 5) is 6.47. The predicted molar refractivity (Wildman–Crippen MR) is 80.4 cm³/mol. The largest absolute Gasteiger partial charge is 0.382 e. The second-order valence-corrected chi connectivity index (χ2v) is 5.72. The first kappa shape index (κ1) is 12.4. The predicted octanol–water partition coefficient (Wildman–Crippen LogP) is 3.02. The first-order chi connectivity index (χ1) is 9.29. The molecule has 0 amide bonds. The Kier molecular flexibility index (Phi) is 3.38. The van der Waals surface area contributed by atoms with E-state index in [0.717, 1.165) is 30.1 Å². The van der Waals surface area contributed by atoms with E-state index in [4.69, 9.17) is 5.73 Å². The van der Waals surface area contributed by atoms with Crippen LogP contribution in [0.4, 0.5) is 10.8 Å². The van der Waals surface area contributed by atoms with Crippen molar-refractivity contribution in [1.29, 1.82) is 0 Å². The van der Waals surface area contributed by atoms with Crippen LogP contribution in [0.5, 0.6) is 0 Å². The van der Waals surface area contributed by atoms with Crippen molar-refractivity contribution < 1.29 is 0 Å². The molecule has 2 N–H and O–H groups in total. The van der Waals surface area contributed by atoms with Crippen LogP contribution in [0.1, 0.15) is 19.8 Å². The van der Waals surface area contributed by atoms with Gasteiger partial charge in [0, 0.05) is 25.5 Å². The third-order valence-corrected chi connectivity index (χ3v) is 4.44. The lowest BCUT2D eigenvalue weighted by Gasteiger charge is -2.22. The number of pyridine rings is 1. The van der Waals surface area contributed by atoms with Gasteiger partial charge in [-0.2, -0.15) is 4.37 Å². The summed E-state index contributed by atoms with van der Waals surface area (Å²) in [5.41, 5.74) is 8.23. The summed E-state index contributed by atoms with van der Waals surface area (Å²) >= 11 is 1.50. The van der Waals surface area contributed by atoms with Gasteiger partial charge in [-0.3, -0.25) is 4.98 Å². The molecule has 5 heteroatoms. The smallest absolute Gasteiger partial charge is 0.147 e. The highest BCUT2D eigenvalue weighted by atomic mass is 32.1. The Bertz CT molecular complexity index is 548. The second-order valence-electron chi connectivity index (χ2n) is 4.97. The van der Waals surface area contributed by atoms with Gasteiger partial charge < -0.3 is 10.6 Å². The van der Waals surface area contributed by atoms with Crippen molar-refractivity contribution in [2.24, 2.45) is 5.92 Å². The Labute approximate surface area is 117 Å². The molecule has 0 aliphatic heterocycles. The van der Waals surface area contributed by atoms with E-state index in [-0.39, 0.29) is 0 Å². The number of aromatic nitrogens is 2. The molecule has 1 aliphatic rings. The van der Waals surface area contributed by atoms with Gasteiger partial charge in [0.25, 0.3) is 0 Å². The summed E-state index contributed by atoms with van der Waals surface area (Å²) in [5.74, 6) is 1.48. The van der Waals surface area contributed by atoms with Gasteiger partial charge >= 0.3 is 0 Å². The van der Waals surface area contributed by atoms with E-state index in [1.165, 1.54) is 29.4 Å². The topological polar surface area (TPSA) is 55.0 Å². The van der Waals surface area contributed by atoms with Crippen LogP contribution in [0, 0.1) is 5.92 Å². The van der Waals surface area contributed by atoms with E-state index in [9.17, 15) is 0 Å². The van der Waals surface area contributed by atoms with Gasteiger partial charge in [-0.25, -0.2) is 0 Å². The molecule has 1 saturated carbocycles. The molecule has 1 fully saturated rings. The Morgan fingerprint density at radius 2 is 2.11 bits per heavy atom. The molecule has 1 aliphatic carbocycles. The van der Waals surface area contributed by atoms with E-state index in [1.54, 1.807) is 12.4 Å². The number of nitrogen functional groups attached to an aromatic ring is 1. The van der Waals surface area contributed by atoms with Gasteiger partial charge in [0.05, 0.1) is 5.56 Å². The lowest BCUT2D eigenvalue weighted by Crippen LogP contribution is -2.24. The molecule has 3 rings (SSSR count). The number of hydrogen-bond acceptors (Lipinski definition) is 5. The highest BCUT2D eigenvalue weighted by Crippen LogP contribution is 2.41. The average Bonchev–Trinajstić information content (AvgIpc) is 3.18. The molecule has 0 aromatic carbocycles. The van der Waals surface area contributed by atoms with Crippen molar-refractivity contribution in [3.63, 3.8) is 0 Å². The Morgan fingerprint density at radius 3 is 2.74 bits per heavy atom. The Balaban J connectivity index is 1.97. The van der Waals surface area contributed by atoms with Gasteiger partial charge in [-0.15, -0.1) is 0 Å². The molecule has 0 unspecified atom stereocenters. The van der Waals surface area contributed by atoms with E-state index in [2.05, 4.69) is 21.2 Å². The fourth-order valence-electron chi connectivity index (χ4n) is 2.27. The lowest BCUT2D eigenvalue weighted by molar-refractivity contribution is 0.748. The molecule has 0 spiro atoms. The van der Waals surface area contributed by atoms with Crippen LogP contribution in [0.15, 0.2) is 24.5 Å². The van der Waals surface area contributed by atoms with Crippen LogP contribution < -0.4 is 10.6 Å². The van der Waals surface area contributed by atoms with E-state index in [0.29, 0.717) is 5.82 Å². The molecule has 2 aromatic heterocycles. The van der Waals surface area contributed by atoms with Crippen LogP contribution in [0.3, 0.4) is 0 Å². The van der Waals surface area contributed by atoms with Crippen molar-refractivity contribution >= 4 is 22.4 Å². The number of nitrogens with zero attached hydrogens (tertiary/aromatic N) is 3. The minimum Gasteiger partial charge on any atom is -0.382 e. The molecule has 0 bridgehead atoms. The SMILES string of the molecule is CCN(CC1CC1)c1snc(N)c1-c1ccncc1. The van der Waals surface area contributed by atoms with Crippen LogP contribution in [0.2, 0.25) is 0 Å². The summed E-state index contributed by atoms with van der Waals surface area (Å²) in [5, 5.41) is 1.19. The molecule has 2 aromatic rings. The van der Waals surface area contributed by atoms with Gasteiger partial charge in [0.1, 0.15) is 10.8 Å². The molecular weight excluding hydrogens is 256 g/mol. The molecule has 4 nitrogen and oxygen atoms in total. The van der Waals surface area contributed by atoms with Crippen LogP contribution in [0.25, 0.3) is 11.1 Å². The first-order valence-electron chi connectivity index (χ1n) is 6.70. The number of hydrogen-bond donors (Lipinski definition) is 1. The maximum atomic E-state index is 6.06. The second kappa shape index (κ2) is 5.17. The minimum absolute atomic E-state index is 0.625. The van der Waals surface area contributed by atoms with E-state index >= 15 is 0 Å². The summed E-state index contributed by atoms with van der Waals surface area (Å²) in [6, 6.07) is 3.99. The Hall–Kier alpha value is -1.62. The molecular formula is C14H18N4S. The highest BCUT2D eigenvalue weighted by Gasteiger charge is 2.26. The molecule has 2 heterocycles. The average molecular weight is 274 g/mol. The molecule has 100 valence electrons. The monoisotopic (exact) mass is 274 g/mol. The summed E-state index contributed by atoms with van der Waals surface area (Å²) in [6.07, 6.45) is 6.31. The van der Waals surface area contributed by atoms with Gasteiger partial charge in [0.2, 0.25) is 0 Å². The maximum Gasteiger partial charge on any atom is 0.147 e. The van der Waals surface area contributed by atoms with Crippen molar-refractivity contribution in [2.75, 3.05) is 23.7 Å². The maximum absolute atomic E-state index is 6.06. The van der Waals surface area contributed by atoms with Crippen LogP contribution in [-0.4, -0.2) is 22.4 Å². The van der Waals surface area contributed by atoms with Crippen LogP contribution >= 0.6 is 11.5 Å². The normalized spacial score (nSPS) is 14.6. The quantitative estimate of drug-likeness (QED) is 0.910. The molecule has 19 heavy (non-hydrogen) atoms. The zero-order valence-electron chi connectivity index (χ0n) is 11.0. The third-order valence-electron chi connectivity index (χ3n) is 3.51. The first-order valence-corrected chi connectivity index (χ1v) is 7.47. The van der Waals surface area contributed by atoms with E-state index < -0.39 is 0 Å².